The van der Waals surface area contributed by atoms with Gasteiger partial charge in [-0.15, -0.1) is 0 Å². The molecule has 1 aliphatic heterocycles. The third-order valence-corrected chi connectivity index (χ3v) is 4.99. The quantitative estimate of drug-likeness (QED) is 0.733. The number of hydrogen-bond acceptors (Lipinski definition) is 5. The molecule has 1 aromatic heterocycles. The molecule has 7 heteroatoms. The zero-order chi connectivity index (χ0) is 15.3. The lowest BCUT2D eigenvalue weighted by Gasteiger charge is -2.23. The first-order valence-electron chi connectivity index (χ1n) is 6.57. The second-order valence-corrected chi connectivity index (χ2v) is 7.04. The van der Waals surface area contributed by atoms with Crippen molar-refractivity contribution in [1.29, 1.82) is 0 Å². The number of aliphatic hydroxyl groups is 1. The van der Waals surface area contributed by atoms with Gasteiger partial charge in [0.2, 0.25) is 0 Å². The minimum absolute atomic E-state index is 0.0263. The molecule has 1 fully saturated rings. The number of nitrogens with zero attached hydrogens (tertiary/aromatic N) is 1. The van der Waals surface area contributed by atoms with Gasteiger partial charge in [-0.05, 0) is 18.9 Å². The van der Waals surface area contributed by atoms with Crippen LogP contribution in [-0.2, 0) is 9.84 Å². The van der Waals surface area contributed by atoms with E-state index in [0.29, 0.717) is 24.0 Å². The Morgan fingerprint density at radius 3 is 3.05 bits per heavy atom. The van der Waals surface area contributed by atoms with Crippen LogP contribution in [0.15, 0.2) is 18.5 Å². The lowest BCUT2D eigenvalue weighted by Crippen LogP contribution is -2.43. The van der Waals surface area contributed by atoms with E-state index in [-0.39, 0.29) is 30.1 Å². The molecule has 2 heterocycles. The van der Waals surface area contributed by atoms with E-state index in [2.05, 4.69) is 22.1 Å². The van der Waals surface area contributed by atoms with Crippen molar-refractivity contribution in [3.8, 4) is 11.8 Å². The molecule has 1 unspecified atom stereocenters. The molecule has 1 saturated heterocycles. The fourth-order valence-electron chi connectivity index (χ4n) is 2.23. The number of aliphatic hydroxyl groups excluding tert-OH is 1. The Morgan fingerprint density at radius 1 is 1.52 bits per heavy atom. The van der Waals surface area contributed by atoms with Crippen LogP contribution in [0.5, 0.6) is 0 Å². The van der Waals surface area contributed by atoms with Gasteiger partial charge in [0.25, 0.3) is 5.91 Å². The van der Waals surface area contributed by atoms with Gasteiger partial charge in [0.1, 0.15) is 6.61 Å². The first-order valence-corrected chi connectivity index (χ1v) is 8.39. The minimum Gasteiger partial charge on any atom is -0.384 e. The number of carbonyl (C=O) groups is 1. The Balaban J connectivity index is 2.14. The van der Waals surface area contributed by atoms with Gasteiger partial charge in [-0.1, -0.05) is 11.8 Å². The van der Waals surface area contributed by atoms with Crippen LogP contribution in [0.3, 0.4) is 0 Å². The van der Waals surface area contributed by atoms with Crippen molar-refractivity contribution in [2.45, 2.75) is 18.9 Å². The SMILES string of the molecule is O=C(NC1CCCS(=O)(=O)C1)c1ccncc1C#CCO. The zero-order valence-corrected chi connectivity index (χ0v) is 12.2. The van der Waals surface area contributed by atoms with E-state index in [9.17, 15) is 13.2 Å². The minimum atomic E-state index is -3.07. The molecule has 6 nitrogen and oxygen atoms in total. The second-order valence-electron chi connectivity index (χ2n) is 4.81. The molecule has 0 bridgehead atoms. The fourth-order valence-corrected chi connectivity index (χ4v) is 3.86. The molecular formula is C14H16N2O4S. The van der Waals surface area contributed by atoms with Gasteiger partial charge in [-0.25, -0.2) is 8.42 Å². The van der Waals surface area contributed by atoms with Crippen molar-refractivity contribution in [2.75, 3.05) is 18.1 Å². The Labute approximate surface area is 123 Å². The van der Waals surface area contributed by atoms with E-state index < -0.39 is 9.84 Å². The summed E-state index contributed by atoms with van der Waals surface area (Å²) in [5.74, 6) is 4.90. The lowest BCUT2D eigenvalue weighted by atomic mass is 10.1. The van der Waals surface area contributed by atoms with Crippen molar-refractivity contribution >= 4 is 15.7 Å². The van der Waals surface area contributed by atoms with Gasteiger partial charge < -0.3 is 10.4 Å². The van der Waals surface area contributed by atoms with Crippen LogP contribution in [0.4, 0.5) is 0 Å². The number of aromatic nitrogens is 1. The van der Waals surface area contributed by atoms with Gasteiger partial charge in [0.05, 0.1) is 22.6 Å². The number of rotatable bonds is 2. The fraction of sp³-hybridized carbons (Fsp3) is 0.429. The number of amides is 1. The Bertz CT molecular complexity index is 688. The zero-order valence-electron chi connectivity index (χ0n) is 11.4. The molecular weight excluding hydrogens is 292 g/mol. The highest BCUT2D eigenvalue weighted by molar-refractivity contribution is 7.91. The highest BCUT2D eigenvalue weighted by atomic mass is 32.2. The predicted molar refractivity (Wildman–Crippen MR) is 77.3 cm³/mol. The summed E-state index contributed by atoms with van der Waals surface area (Å²) in [6, 6.07) is 1.15. The van der Waals surface area contributed by atoms with Gasteiger partial charge in [-0.2, -0.15) is 0 Å². The molecule has 0 aliphatic carbocycles. The maximum Gasteiger partial charge on any atom is 0.252 e. The molecule has 1 amide bonds. The molecule has 21 heavy (non-hydrogen) atoms. The molecule has 2 rings (SSSR count). The van der Waals surface area contributed by atoms with Crippen LogP contribution in [-0.4, -0.2) is 48.6 Å². The average molecular weight is 308 g/mol. The van der Waals surface area contributed by atoms with E-state index >= 15 is 0 Å². The van der Waals surface area contributed by atoms with Crippen LogP contribution in [0.25, 0.3) is 0 Å². The first-order chi connectivity index (χ1) is 10.0. The molecule has 0 radical (unpaired) electrons. The average Bonchev–Trinajstić information content (AvgIpc) is 2.44. The van der Waals surface area contributed by atoms with Crippen molar-refractivity contribution in [3.05, 3.63) is 29.6 Å². The topological polar surface area (TPSA) is 96.4 Å². The largest absolute Gasteiger partial charge is 0.384 e. The second kappa shape index (κ2) is 6.70. The molecule has 2 N–H and O–H groups in total. The van der Waals surface area contributed by atoms with E-state index in [1.165, 1.54) is 18.5 Å². The first kappa shape index (κ1) is 15.5. The Kier molecular flexibility index (Phi) is 4.94. The highest BCUT2D eigenvalue weighted by Crippen LogP contribution is 2.13. The maximum atomic E-state index is 12.2. The molecule has 1 atom stereocenters. The monoisotopic (exact) mass is 308 g/mol. The van der Waals surface area contributed by atoms with Gasteiger partial charge in [0.15, 0.2) is 9.84 Å². The van der Waals surface area contributed by atoms with Gasteiger partial charge in [0, 0.05) is 18.4 Å². The molecule has 0 aromatic carbocycles. The predicted octanol–water partition coefficient (Wildman–Crippen LogP) is -0.268. The van der Waals surface area contributed by atoms with E-state index in [4.69, 9.17) is 5.11 Å². The molecule has 0 spiro atoms. The van der Waals surface area contributed by atoms with Crippen molar-refractivity contribution in [2.24, 2.45) is 0 Å². The highest BCUT2D eigenvalue weighted by Gasteiger charge is 2.26. The maximum absolute atomic E-state index is 12.2. The van der Waals surface area contributed by atoms with Crippen molar-refractivity contribution < 1.29 is 18.3 Å². The lowest BCUT2D eigenvalue weighted by molar-refractivity contribution is 0.0938. The standard InChI is InChI=1S/C14H16N2O4S/c17-7-1-3-11-9-15-6-5-13(11)14(18)16-12-4-2-8-21(19,20)10-12/h5-6,9,12,17H,2,4,7-8,10H2,(H,16,18). The van der Waals surface area contributed by atoms with Crippen LogP contribution in [0, 0.1) is 11.8 Å². The summed E-state index contributed by atoms with van der Waals surface area (Å²) in [4.78, 5) is 16.1. The summed E-state index contributed by atoms with van der Waals surface area (Å²) >= 11 is 0. The van der Waals surface area contributed by atoms with Crippen molar-refractivity contribution in [1.82, 2.24) is 10.3 Å². The molecule has 1 aliphatic rings. The number of sulfone groups is 1. The van der Waals surface area contributed by atoms with Gasteiger partial charge >= 0.3 is 0 Å². The Hall–Kier alpha value is -1.91. The van der Waals surface area contributed by atoms with Crippen molar-refractivity contribution in [3.63, 3.8) is 0 Å². The smallest absolute Gasteiger partial charge is 0.252 e. The summed E-state index contributed by atoms with van der Waals surface area (Å²) in [6.07, 6.45) is 4.11. The third-order valence-electron chi connectivity index (χ3n) is 3.17. The number of hydrogen-bond donors (Lipinski definition) is 2. The molecule has 1 aromatic rings. The normalized spacial score (nSPS) is 20.1. The number of carbonyl (C=O) groups excluding carboxylic acids is 1. The number of nitrogens with one attached hydrogen (secondary N) is 1. The van der Waals surface area contributed by atoms with Crippen LogP contribution >= 0.6 is 0 Å². The van der Waals surface area contributed by atoms with Crippen LogP contribution < -0.4 is 5.32 Å². The summed E-state index contributed by atoms with van der Waals surface area (Å²) in [7, 11) is -3.07. The van der Waals surface area contributed by atoms with E-state index in [1.807, 2.05) is 0 Å². The summed E-state index contributed by atoms with van der Waals surface area (Å²) in [5, 5.41) is 11.4. The van der Waals surface area contributed by atoms with Gasteiger partial charge in [-0.3, -0.25) is 9.78 Å². The number of pyridine rings is 1. The van der Waals surface area contributed by atoms with E-state index in [1.54, 1.807) is 0 Å². The van der Waals surface area contributed by atoms with Crippen LogP contribution in [0.1, 0.15) is 28.8 Å². The molecule has 112 valence electrons. The van der Waals surface area contributed by atoms with Crippen LogP contribution in [0.2, 0.25) is 0 Å². The summed E-state index contributed by atoms with van der Waals surface area (Å²) in [5.41, 5.74) is 0.733. The third kappa shape index (κ3) is 4.28. The summed E-state index contributed by atoms with van der Waals surface area (Å²) in [6.45, 7) is -0.309. The van der Waals surface area contributed by atoms with E-state index in [0.717, 1.165) is 0 Å². The Morgan fingerprint density at radius 2 is 2.33 bits per heavy atom. The summed E-state index contributed by atoms with van der Waals surface area (Å²) < 4.78 is 23.2. The molecule has 0 saturated carbocycles.